The van der Waals surface area contributed by atoms with E-state index in [1.165, 1.54) is 27.5 Å². The lowest BCUT2D eigenvalue weighted by molar-refractivity contribution is -0.385. The van der Waals surface area contributed by atoms with E-state index >= 15 is 0 Å². The van der Waals surface area contributed by atoms with Crippen molar-refractivity contribution in [3.8, 4) is 0 Å². The number of hydrogen-bond donors (Lipinski definition) is 2. The number of carbonyl (C=O) groups excluding carboxylic acids is 2. The average Bonchev–Trinajstić information content (AvgIpc) is 3.07. The maximum Gasteiger partial charge on any atom is 0.352 e. The zero-order valence-electron chi connectivity index (χ0n) is 14.5. The van der Waals surface area contributed by atoms with Crippen LogP contribution in [0.4, 0.5) is 5.69 Å². The van der Waals surface area contributed by atoms with Crippen LogP contribution < -0.4 is 5.32 Å². The molecule has 0 radical (unpaired) electrons. The van der Waals surface area contributed by atoms with Crippen LogP contribution in [0.2, 0.25) is 0 Å². The van der Waals surface area contributed by atoms with Gasteiger partial charge in [-0.2, -0.15) is 5.10 Å². The first-order chi connectivity index (χ1) is 12.7. The van der Waals surface area contributed by atoms with Crippen molar-refractivity contribution in [2.45, 2.75) is 31.8 Å². The highest BCUT2D eigenvalue weighted by molar-refractivity contribution is 8.00. The van der Waals surface area contributed by atoms with Gasteiger partial charge in [-0.1, -0.05) is 6.92 Å². The summed E-state index contributed by atoms with van der Waals surface area (Å²) in [5.41, 5.74) is 0.413. The van der Waals surface area contributed by atoms with Crippen LogP contribution in [0.1, 0.15) is 13.8 Å². The topological polar surface area (TPSA) is 148 Å². The van der Waals surface area contributed by atoms with Gasteiger partial charge in [-0.05, 0) is 12.5 Å². The Hall–Kier alpha value is -2.89. The molecule has 144 valence electrons. The molecule has 0 unspecified atom stereocenters. The Kier molecular flexibility index (Phi) is 4.91. The second-order valence-corrected chi connectivity index (χ2v) is 7.51. The van der Waals surface area contributed by atoms with Crippen LogP contribution in [0.25, 0.3) is 0 Å². The fraction of sp³-hybridized carbons (Fsp3) is 0.467. The lowest BCUT2D eigenvalue weighted by atomic mass is 10.0. The van der Waals surface area contributed by atoms with E-state index in [2.05, 4.69) is 10.4 Å². The highest BCUT2D eigenvalue weighted by Crippen LogP contribution is 2.40. The van der Waals surface area contributed by atoms with Crippen LogP contribution in [0.15, 0.2) is 23.7 Å². The first-order valence-electron chi connectivity index (χ1n) is 8.05. The minimum absolute atomic E-state index is 0.0221. The van der Waals surface area contributed by atoms with Gasteiger partial charge in [-0.3, -0.25) is 29.3 Å². The molecule has 0 saturated carbocycles. The van der Waals surface area contributed by atoms with Gasteiger partial charge in [0.15, 0.2) is 0 Å². The minimum atomic E-state index is -1.16. The van der Waals surface area contributed by atoms with Crippen molar-refractivity contribution in [3.05, 3.63) is 33.8 Å². The number of nitrogens with zero attached hydrogens (tertiary/aromatic N) is 4. The van der Waals surface area contributed by atoms with Crippen molar-refractivity contribution in [1.82, 2.24) is 20.0 Å². The van der Waals surface area contributed by atoms with Crippen molar-refractivity contribution >= 4 is 35.2 Å². The quantitative estimate of drug-likeness (QED) is 0.394. The van der Waals surface area contributed by atoms with Gasteiger partial charge in [0.1, 0.15) is 29.5 Å². The molecule has 2 aliphatic rings. The van der Waals surface area contributed by atoms with Crippen LogP contribution in [-0.2, 0) is 20.9 Å². The van der Waals surface area contributed by atoms with Crippen LogP contribution in [0.5, 0.6) is 0 Å². The summed E-state index contributed by atoms with van der Waals surface area (Å²) in [5.74, 6) is -2.15. The molecule has 1 aromatic heterocycles. The lowest BCUT2D eigenvalue weighted by Gasteiger charge is -2.49. The number of aromatic nitrogens is 2. The Bertz CT molecular complexity index is 865. The first kappa shape index (κ1) is 18.9. The third-order valence-corrected chi connectivity index (χ3v) is 5.82. The maximum atomic E-state index is 12.4. The number of amides is 2. The summed E-state index contributed by atoms with van der Waals surface area (Å²) in [6.07, 6.45) is 2.32. The zero-order chi connectivity index (χ0) is 19.9. The van der Waals surface area contributed by atoms with Gasteiger partial charge in [0.25, 0.3) is 5.91 Å². The Morgan fingerprint density at radius 1 is 1.56 bits per heavy atom. The molecule has 2 N–H and O–H groups in total. The SMILES string of the molecule is CC1=C(C(=O)O)N2C(=O)[C@@H](NC(=O)[C@@H](C)Cn3cc([N+](=O)[O-])cn3)[C@H]2SC1. The molecule has 1 fully saturated rings. The number of carboxylic acid groups (broad SMARTS) is 1. The predicted molar refractivity (Wildman–Crippen MR) is 93.4 cm³/mol. The number of thioether (sulfide) groups is 1. The predicted octanol–water partition coefficient (Wildman–Crippen LogP) is 0.186. The summed E-state index contributed by atoms with van der Waals surface area (Å²) in [5, 5.41) is 26.0. The van der Waals surface area contributed by atoms with E-state index in [9.17, 15) is 29.6 Å². The summed E-state index contributed by atoms with van der Waals surface area (Å²) in [4.78, 5) is 47.4. The van der Waals surface area contributed by atoms with Crippen molar-refractivity contribution < 1.29 is 24.4 Å². The molecule has 0 aliphatic carbocycles. The highest BCUT2D eigenvalue weighted by Gasteiger charge is 2.53. The standard InChI is InChI=1S/C15H17N5O6S/c1-7(4-18-5-9(3-16-18)20(25)26)12(21)17-10-13(22)19-11(15(23)24)8(2)6-27-14(10)19/h3,5,7,10,14H,4,6H2,1-2H3,(H,17,21)(H,23,24)/t7-,10+,14+/m0/s1. The number of nitrogens with one attached hydrogen (secondary N) is 1. The molecule has 3 heterocycles. The number of β-lactam (4-membered cyclic amide) rings is 1. The highest BCUT2D eigenvalue weighted by atomic mass is 32.2. The summed E-state index contributed by atoms with van der Waals surface area (Å²) >= 11 is 1.39. The Morgan fingerprint density at radius 3 is 2.85 bits per heavy atom. The summed E-state index contributed by atoms with van der Waals surface area (Å²) < 4.78 is 1.29. The molecular formula is C15H17N5O6S. The fourth-order valence-corrected chi connectivity index (χ4v) is 4.27. The average molecular weight is 395 g/mol. The molecule has 0 spiro atoms. The molecule has 2 amide bonds. The maximum absolute atomic E-state index is 12.4. The molecule has 27 heavy (non-hydrogen) atoms. The van der Waals surface area contributed by atoms with Crippen molar-refractivity contribution in [2.24, 2.45) is 5.92 Å². The smallest absolute Gasteiger partial charge is 0.352 e. The van der Waals surface area contributed by atoms with Crippen LogP contribution in [0.3, 0.4) is 0 Å². The second-order valence-electron chi connectivity index (χ2n) is 6.41. The molecule has 12 heteroatoms. The molecule has 11 nitrogen and oxygen atoms in total. The molecule has 3 rings (SSSR count). The van der Waals surface area contributed by atoms with E-state index in [1.54, 1.807) is 13.8 Å². The molecular weight excluding hydrogens is 378 g/mol. The Labute approximate surface area is 157 Å². The molecule has 2 aliphatic heterocycles. The lowest BCUT2D eigenvalue weighted by Crippen LogP contribution is -2.70. The molecule has 1 saturated heterocycles. The van der Waals surface area contributed by atoms with Crippen LogP contribution in [0, 0.1) is 16.0 Å². The van der Waals surface area contributed by atoms with Crippen molar-refractivity contribution in [3.63, 3.8) is 0 Å². The van der Waals surface area contributed by atoms with E-state index in [0.29, 0.717) is 11.3 Å². The number of aliphatic carboxylic acids is 1. The number of rotatable bonds is 6. The normalized spacial score (nSPS) is 22.7. The van der Waals surface area contributed by atoms with Crippen LogP contribution >= 0.6 is 11.8 Å². The molecule has 3 atom stereocenters. The monoisotopic (exact) mass is 395 g/mol. The first-order valence-corrected chi connectivity index (χ1v) is 9.10. The van der Waals surface area contributed by atoms with Gasteiger partial charge in [0, 0.05) is 5.75 Å². The largest absolute Gasteiger partial charge is 0.477 e. The summed E-state index contributed by atoms with van der Waals surface area (Å²) in [6.45, 7) is 3.39. The Morgan fingerprint density at radius 2 is 2.26 bits per heavy atom. The second kappa shape index (κ2) is 7.02. The van der Waals surface area contributed by atoms with E-state index < -0.39 is 40.0 Å². The van der Waals surface area contributed by atoms with E-state index in [4.69, 9.17) is 0 Å². The third kappa shape index (κ3) is 3.39. The molecule has 0 bridgehead atoms. The summed E-state index contributed by atoms with van der Waals surface area (Å²) in [6, 6.07) is -0.792. The Balaban J connectivity index is 1.62. The molecule has 0 aromatic carbocycles. The van der Waals surface area contributed by atoms with Gasteiger partial charge in [-0.25, -0.2) is 4.79 Å². The van der Waals surface area contributed by atoms with E-state index in [-0.39, 0.29) is 17.9 Å². The number of carboxylic acids is 1. The number of hydrogen-bond acceptors (Lipinski definition) is 7. The van der Waals surface area contributed by atoms with E-state index in [1.807, 2.05) is 0 Å². The number of fused-ring (bicyclic) bond motifs is 1. The third-order valence-electron chi connectivity index (χ3n) is 4.40. The minimum Gasteiger partial charge on any atom is -0.477 e. The molecule has 1 aromatic rings. The zero-order valence-corrected chi connectivity index (χ0v) is 15.3. The van der Waals surface area contributed by atoms with Crippen molar-refractivity contribution in [1.29, 1.82) is 0 Å². The number of nitro groups is 1. The van der Waals surface area contributed by atoms with E-state index in [0.717, 1.165) is 6.20 Å². The van der Waals surface area contributed by atoms with Crippen molar-refractivity contribution in [2.75, 3.05) is 5.75 Å². The summed E-state index contributed by atoms with van der Waals surface area (Å²) in [7, 11) is 0. The fourth-order valence-electron chi connectivity index (χ4n) is 2.98. The van der Waals surface area contributed by atoms with Gasteiger partial charge in [0.05, 0.1) is 17.4 Å². The number of carbonyl (C=O) groups is 3. The van der Waals surface area contributed by atoms with Gasteiger partial charge < -0.3 is 10.4 Å². The van der Waals surface area contributed by atoms with Gasteiger partial charge in [0.2, 0.25) is 5.91 Å². The van der Waals surface area contributed by atoms with Gasteiger partial charge in [-0.15, -0.1) is 11.8 Å². The van der Waals surface area contributed by atoms with Crippen LogP contribution in [-0.4, -0.2) is 59.7 Å². The van der Waals surface area contributed by atoms with Gasteiger partial charge >= 0.3 is 11.7 Å².